The molecule has 1 aliphatic heterocycles. The number of nitrogens with zero attached hydrogens (tertiary/aromatic N) is 2. The van der Waals surface area contributed by atoms with Crippen molar-refractivity contribution in [2.75, 3.05) is 0 Å². The summed E-state index contributed by atoms with van der Waals surface area (Å²) in [6, 6.07) is 19.2. The Bertz CT molecular complexity index is 1250. The average molecular weight is 449 g/mol. The van der Waals surface area contributed by atoms with E-state index >= 15 is 0 Å². The van der Waals surface area contributed by atoms with Gasteiger partial charge in [-0.3, -0.25) is 10.1 Å². The first-order valence-corrected chi connectivity index (χ1v) is 10.0. The lowest BCUT2D eigenvalue weighted by molar-refractivity contribution is -0.384. The third-order valence-corrected chi connectivity index (χ3v) is 5.04. The molecular formula is C24H17ClN2O5. The Balaban J connectivity index is 1.47. The van der Waals surface area contributed by atoms with E-state index in [-0.39, 0.29) is 22.3 Å². The number of carbonyl (C=O) groups is 1. The lowest BCUT2D eigenvalue weighted by Crippen LogP contribution is -2.06. The Morgan fingerprint density at radius 3 is 2.47 bits per heavy atom. The number of aliphatic imine (C=N–C) groups is 1. The van der Waals surface area contributed by atoms with Gasteiger partial charge < -0.3 is 9.47 Å². The van der Waals surface area contributed by atoms with E-state index in [1.165, 1.54) is 23.8 Å². The molecule has 7 nitrogen and oxygen atoms in total. The van der Waals surface area contributed by atoms with Crippen molar-refractivity contribution < 1.29 is 19.2 Å². The van der Waals surface area contributed by atoms with Crippen LogP contribution < -0.4 is 4.74 Å². The summed E-state index contributed by atoms with van der Waals surface area (Å²) in [4.78, 5) is 26.7. The van der Waals surface area contributed by atoms with Crippen molar-refractivity contribution in [1.29, 1.82) is 0 Å². The van der Waals surface area contributed by atoms with Crippen LogP contribution in [0.5, 0.6) is 5.75 Å². The van der Waals surface area contributed by atoms with Crippen molar-refractivity contribution in [3.63, 3.8) is 0 Å². The predicted octanol–water partition coefficient (Wildman–Crippen LogP) is 5.48. The van der Waals surface area contributed by atoms with Gasteiger partial charge in [-0.25, -0.2) is 9.79 Å². The van der Waals surface area contributed by atoms with E-state index in [0.29, 0.717) is 17.9 Å². The van der Waals surface area contributed by atoms with E-state index in [9.17, 15) is 14.9 Å². The number of hydrogen-bond acceptors (Lipinski definition) is 6. The first kappa shape index (κ1) is 21.3. The number of esters is 1. The lowest BCUT2D eigenvalue weighted by atomic mass is 10.1. The first-order valence-electron chi connectivity index (χ1n) is 9.64. The van der Waals surface area contributed by atoms with E-state index in [2.05, 4.69) is 4.99 Å². The minimum Gasteiger partial charge on any atom is -0.489 e. The molecule has 0 bridgehead atoms. The SMILES string of the molecule is Cc1ccc(COc2ccc(/C=C3\N=C(c4ccc([N+](=O)[O-])cc4Cl)OC3=O)cc2)cc1. The van der Waals surface area contributed by atoms with Gasteiger partial charge in [0.05, 0.1) is 15.5 Å². The second-order valence-corrected chi connectivity index (χ2v) is 7.51. The molecule has 0 saturated carbocycles. The van der Waals surface area contributed by atoms with Gasteiger partial charge in [-0.15, -0.1) is 0 Å². The van der Waals surface area contributed by atoms with Crippen LogP contribution in [0.25, 0.3) is 6.08 Å². The maximum absolute atomic E-state index is 12.2. The zero-order valence-electron chi connectivity index (χ0n) is 16.9. The Morgan fingerprint density at radius 2 is 1.81 bits per heavy atom. The molecule has 0 aromatic heterocycles. The number of hydrogen-bond donors (Lipinski definition) is 0. The highest BCUT2D eigenvalue weighted by atomic mass is 35.5. The van der Waals surface area contributed by atoms with Crippen LogP contribution in [-0.4, -0.2) is 16.8 Å². The first-order chi connectivity index (χ1) is 15.4. The molecule has 3 aromatic carbocycles. The average Bonchev–Trinajstić information content (AvgIpc) is 3.14. The van der Waals surface area contributed by atoms with E-state index < -0.39 is 10.9 Å². The lowest BCUT2D eigenvalue weighted by Gasteiger charge is -2.07. The Kier molecular flexibility index (Phi) is 6.00. The van der Waals surface area contributed by atoms with Crippen LogP contribution in [0.4, 0.5) is 5.69 Å². The number of carbonyl (C=O) groups excluding carboxylic acids is 1. The fourth-order valence-corrected chi connectivity index (χ4v) is 3.24. The number of benzene rings is 3. The molecule has 32 heavy (non-hydrogen) atoms. The molecule has 0 saturated heterocycles. The van der Waals surface area contributed by atoms with Crippen LogP contribution >= 0.6 is 11.6 Å². The van der Waals surface area contributed by atoms with Crippen LogP contribution in [0.2, 0.25) is 5.02 Å². The standard InChI is InChI=1S/C24H17ClN2O5/c1-15-2-4-17(5-3-15)14-31-19-9-6-16(7-10-19)12-22-24(28)32-23(26-22)20-11-8-18(27(29)30)13-21(20)25/h2-13H,14H2,1H3/b22-12-. The van der Waals surface area contributed by atoms with E-state index in [0.717, 1.165) is 11.1 Å². The third-order valence-electron chi connectivity index (χ3n) is 4.72. The van der Waals surface area contributed by atoms with Crippen LogP contribution in [0.15, 0.2) is 77.4 Å². The van der Waals surface area contributed by atoms with Gasteiger partial charge in [-0.05, 0) is 42.3 Å². The van der Waals surface area contributed by atoms with Gasteiger partial charge in [0.1, 0.15) is 12.4 Å². The smallest absolute Gasteiger partial charge is 0.363 e. The summed E-state index contributed by atoms with van der Waals surface area (Å²) in [7, 11) is 0. The number of nitro benzene ring substituents is 1. The maximum Gasteiger partial charge on any atom is 0.363 e. The second-order valence-electron chi connectivity index (χ2n) is 7.10. The van der Waals surface area contributed by atoms with Crippen molar-refractivity contribution in [1.82, 2.24) is 0 Å². The summed E-state index contributed by atoms with van der Waals surface area (Å²) in [6.45, 7) is 2.49. The summed E-state index contributed by atoms with van der Waals surface area (Å²) < 4.78 is 11.0. The fraction of sp³-hybridized carbons (Fsp3) is 0.0833. The Labute approximate surface area is 188 Å². The van der Waals surface area contributed by atoms with Gasteiger partial charge in [0, 0.05) is 12.1 Å². The minimum atomic E-state index is -0.630. The maximum atomic E-state index is 12.2. The molecule has 0 radical (unpaired) electrons. The summed E-state index contributed by atoms with van der Waals surface area (Å²) in [5, 5.41) is 10.9. The van der Waals surface area contributed by atoms with E-state index in [4.69, 9.17) is 21.1 Å². The van der Waals surface area contributed by atoms with Crippen molar-refractivity contribution in [2.45, 2.75) is 13.5 Å². The molecule has 0 spiro atoms. The highest BCUT2D eigenvalue weighted by Crippen LogP contribution is 2.27. The summed E-state index contributed by atoms with van der Waals surface area (Å²) in [6.07, 6.45) is 1.58. The predicted molar refractivity (Wildman–Crippen MR) is 121 cm³/mol. The van der Waals surface area contributed by atoms with E-state index in [1.807, 2.05) is 31.2 Å². The molecule has 160 valence electrons. The second kappa shape index (κ2) is 9.03. The van der Waals surface area contributed by atoms with E-state index in [1.54, 1.807) is 30.3 Å². The topological polar surface area (TPSA) is 91.0 Å². The van der Waals surface area contributed by atoms with Gasteiger partial charge >= 0.3 is 5.97 Å². The zero-order chi connectivity index (χ0) is 22.7. The normalized spacial score (nSPS) is 14.2. The van der Waals surface area contributed by atoms with Crippen molar-refractivity contribution in [3.05, 3.63) is 110 Å². The van der Waals surface area contributed by atoms with Crippen LogP contribution in [0.3, 0.4) is 0 Å². The van der Waals surface area contributed by atoms with Gasteiger partial charge in [0.15, 0.2) is 5.70 Å². The number of nitro groups is 1. The van der Waals surface area contributed by atoms with Gasteiger partial charge in [0.2, 0.25) is 5.90 Å². The zero-order valence-corrected chi connectivity index (χ0v) is 17.7. The van der Waals surface area contributed by atoms with Crippen LogP contribution in [0, 0.1) is 17.0 Å². The largest absolute Gasteiger partial charge is 0.489 e. The fourth-order valence-electron chi connectivity index (χ4n) is 2.98. The number of cyclic esters (lactones) is 1. The Morgan fingerprint density at radius 1 is 1.09 bits per heavy atom. The Hall–Kier alpha value is -3.97. The summed E-state index contributed by atoms with van der Waals surface area (Å²) >= 11 is 6.10. The number of rotatable bonds is 6. The molecule has 1 heterocycles. The molecule has 8 heteroatoms. The van der Waals surface area contributed by atoms with Crippen LogP contribution in [-0.2, 0) is 16.1 Å². The number of halogens is 1. The monoisotopic (exact) mass is 448 g/mol. The number of ether oxygens (including phenoxy) is 2. The van der Waals surface area contributed by atoms with Crippen LogP contribution in [0.1, 0.15) is 22.3 Å². The van der Waals surface area contributed by atoms with Gasteiger partial charge in [-0.2, -0.15) is 0 Å². The third kappa shape index (κ3) is 4.84. The molecular weight excluding hydrogens is 432 g/mol. The molecule has 0 atom stereocenters. The van der Waals surface area contributed by atoms with Crippen molar-refractivity contribution in [2.24, 2.45) is 4.99 Å². The van der Waals surface area contributed by atoms with Crippen molar-refractivity contribution in [3.8, 4) is 5.75 Å². The van der Waals surface area contributed by atoms with Crippen molar-refractivity contribution >= 4 is 35.2 Å². The quantitative estimate of drug-likeness (QED) is 0.215. The molecule has 4 rings (SSSR count). The molecule has 0 unspecified atom stereocenters. The molecule has 0 N–H and O–H groups in total. The molecule has 3 aromatic rings. The highest BCUT2D eigenvalue weighted by Gasteiger charge is 2.26. The van der Waals surface area contributed by atoms with Gasteiger partial charge in [-0.1, -0.05) is 53.6 Å². The summed E-state index contributed by atoms with van der Waals surface area (Å²) in [5.74, 6) is 0.0666. The molecule has 0 amide bonds. The highest BCUT2D eigenvalue weighted by molar-refractivity contribution is 6.34. The molecule has 0 aliphatic carbocycles. The number of aryl methyl sites for hydroxylation is 1. The molecule has 1 aliphatic rings. The minimum absolute atomic E-state index is 0.000741. The summed E-state index contributed by atoms with van der Waals surface area (Å²) in [5.41, 5.74) is 3.24. The molecule has 0 fully saturated rings. The van der Waals surface area contributed by atoms with Gasteiger partial charge in [0.25, 0.3) is 5.69 Å². The number of non-ortho nitro benzene ring substituents is 1.